The molecule has 0 saturated heterocycles. The van der Waals surface area contributed by atoms with Gasteiger partial charge < -0.3 is 16.0 Å². The number of amides is 1. The van der Waals surface area contributed by atoms with Crippen LogP contribution in [0.5, 0.6) is 0 Å². The molecule has 1 amide bonds. The highest BCUT2D eigenvalue weighted by molar-refractivity contribution is 5.86. The Hall–Kier alpha value is -0.970. The molecule has 2 rings (SSSR count). The summed E-state index contributed by atoms with van der Waals surface area (Å²) in [6.07, 6.45) is 5.91. The number of carbonyl (C=O) groups is 1. The minimum absolute atomic E-state index is 0. The van der Waals surface area contributed by atoms with Gasteiger partial charge in [-0.3, -0.25) is 4.79 Å². The van der Waals surface area contributed by atoms with Gasteiger partial charge in [0.05, 0.1) is 5.54 Å². The number of carbonyl (C=O) groups excluding carboxylic acids is 1. The number of nitrogens with zero attached hydrogens (tertiary/aromatic N) is 1. The minimum Gasteiger partial charge on any atom is -0.375 e. The molecule has 1 fully saturated rings. The van der Waals surface area contributed by atoms with E-state index in [0.29, 0.717) is 6.54 Å². The van der Waals surface area contributed by atoms with Crippen LogP contribution in [-0.2, 0) is 4.79 Å². The lowest BCUT2D eigenvalue weighted by atomic mass is 9.82. The fraction of sp³-hybridized carbons (Fsp3) is 0.588. The molecule has 0 unspecified atom stereocenters. The maximum Gasteiger partial charge on any atom is 0.240 e. The normalized spacial score (nSPS) is 15.7. The molecule has 132 valence electrons. The molecule has 0 aliphatic heterocycles. The molecule has 3 N–H and O–H groups in total. The van der Waals surface area contributed by atoms with Crippen LogP contribution in [-0.4, -0.2) is 31.6 Å². The third kappa shape index (κ3) is 6.58. The van der Waals surface area contributed by atoms with E-state index in [1.807, 2.05) is 18.2 Å². The molecule has 4 nitrogen and oxygen atoms in total. The van der Waals surface area contributed by atoms with Crippen molar-refractivity contribution in [1.82, 2.24) is 5.32 Å². The average Bonchev–Trinajstić information content (AvgIpc) is 2.52. The number of rotatable bonds is 6. The van der Waals surface area contributed by atoms with Crippen molar-refractivity contribution in [2.45, 2.75) is 44.1 Å². The van der Waals surface area contributed by atoms with Crippen LogP contribution in [0.3, 0.4) is 0 Å². The van der Waals surface area contributed by atoms with Crippen LogP contribution in [0, 0.1) is 0 Å². The standard InChI is InChI=1S/C17H27N3O.2ClH/c1-20(15-9-4-2-5-10-15)14-8-13-19-16(21)17(18)11-6-3-7-12-17;;/h2,4-5,9-10H,3,6-8,11-14,18H2,1H3,(H,19,21);2*1H. The summed E-state index contributed by atoms with van der Waals surface area (Å²) in [7, 11) is 2.07. The van der Waals surface area contributed by atoms with E-state index in [9.17, 15) is 4.79 Å². The van der Waals surface area contributed by atoms with Gasteiger partial charge in [-0.15, -0.1) is 24.8 Å². The van der Waals surface area contributed by atoms with Crippen LogP contribution < -0.4 is 16.0 Å². The van der Waals surface area contributed by atoms with Gasteiger partial charge in [0.25, 0.3) is 0 Å². The maximum atomic E-state index is 12.2. The van der Waals surface area contributed by atoms with Gasteiger partial charge in [0.2, 0.25) is 5.91 Å². The van der Waals surface area contributed by atoms with Crippen molar-refractivity contribution in [1.29, 1.82) is 0 Å². The second-order valence-electron chi connectivity index (χ2n) is 6.08. The van der Waals surface area contributed by atoms with Crippen molar-refractivity contribution < 1.29 is 4.79 Å². The minimum atomic E-state index is -0.621. The summed E-state index contributed by atoms with van der Waals surface area (Å²) >= 11 is 0. The number of anilines is 1. The summed E-state index contributed by atoms with van der Waals surface area (Å²) in [6, 6.07) is 10.3. The van der Waals surface area contributed by atoms with Crippen LogP contribution in [0.2, 0.25) is 0 Å². The van der Waals surface area contributed by atoms with Gasteiger partial charge in [-0.25, -0.2) is 0 Å². The highest BCUT2D eigenvalue weighted by atomic mass is 35.5. The van der Waals surface area contributed by atoms with Crippen molar-refractivity contribution in [2.24, 2.45) is 5.73 Å². The topological polar surface area (TPSA) is 58.4 Å². The van der Waals surface area contributed by atoms with Gasteiger partial charge in [0.1, 0.15) is 0 Å². The SMILES string of the molecule is CN(CCCNC(=O)C1(N)CCCCC1)c1ccccc1.Cl.Cl. The predicted octanol–water partition coefficient (Wildman–Crippen LogP) is 3.13. The fourth-order valence-corrected chi connectivity index (χ4v) is 2.92. The zero-order valence-corrected chi connectivity index (χ0v) is 15.4. The van der Waals surface area contributed by atoms with Gasteiger partial charge in [0, 0.05) is 25.8 Å². The smallest absolute Gasteiger partial charge is 0.240 e. The van der Waals surface area contributed by atoms with Crippen LogP contribution >= 0.6 is 24.8 Å². The predicted molar refractivity (Wildman–Crippen MR) is 102 cm³/mol. The molecule has 0 spiro atoms. The second kappa shape index (κ2) is 10.7. The number of para-hydroxylation sites is 1. The Balaban J connectivity index is 0.00000242. The molecule has 6 heteroatoms. The van der Waals surface area contributed by atoms with Crippen molar-refractivity contribution >= 4 is 36.4 Å². The molecule has 23 heavy (non-hydrogen) atoms. The molecule has 1 aliphatic carbocycles. The molecular weight excluding hydrogens is 333 g/mol. The number of hydrogen-bond donors (Lipinski definition) is 2. The number of nitrogens with two attached hydrogens (primary N) is 1. The Morgan fingerprint density at radius 2 is 1.78 bits per heavy atom. The third-order valence-corrected chi connectivity index (χ3v) is 4.35. The highest BCUT2D eigenvalue weighted by Gasteiger charge is 2.34. The first kappa shape index (κ1) is 22.0. The molecule has 1 aromatic rings. The van der Waals surface area contributed by atoms with E-state index in [0.717, 1.165) is 38.6 Å². The summed E-state index contributed by atoms with van der Waals surface area (Å²) < 4.78 is 0. The van der Waals surface area contributed by atoms with Gasteiger partial charge >= 0.3 is 0 Å². The monoisotopic (exact) mass is 361 g/mol. The lowest BCUT2D eigenvalue weighted by Crippen LogP contribution is -2.55. The first-order valence-corrected chi connectivity index (χ1v) is 7.95. The lowest BCUT2D eigenvalue weighted by Gasteiger charge is -2.31. The van der Waals surface area contributed by atoms with E-state index >= 15 is 0 Å². The first-order valence-electron chi connectivity index (χ1n) is 7.95. The maximum absolute atomic E-state index is 12.2. The van der Waals surface area contributed by atoms with E-state index in [2.05, 4.69) is 29.4 Å². The Bertz CT molecular complexity index is 450. The van der Waals surface area contributed by atoms with Crippen LogP contribution in [0.1, 0.15) is 38.5 Å². The summed E-state index contributed by atoms with van der Waals surface area (Å²) in [4.78, 5) is 14.4. The van der Waals surface area contributed by atoms with Crippen molar-refractivity contribution in [3.05, 3.63) is 30.3 Å². The summed E-state index contributed by atoms with van der Waals surface area (Å²) in [5, 5.41) is 3.01. The zero-order chi connectivity index (χ0) is 15.1. The summed E-state index contributed by atoms with van der Waals surface area (Å²) in [5.41, 5.74) is 6.79. The molecular formula is C17H29Cl2N3O. The number of halogens is 2. The highest BCUT2D eigenvalue weighted by Crippen LogP contribution is 2.25. The Kier molecular flexibility index (Phi) is 10.3. The molecule has 0 aromatic heterocycles. The largest absolute Gasteiger partial charge is 0.375 e. The average molecular weight is 362 g/mol. The molecule has 0 radical (unpaired) electrons. The van der Waals surface area contributed by atoms with Crippen LogP contribution in [0.15, 0.2) is 30.3 Å². The van der Waals surface area contributed by atoms with E-state index in [4.69, 9.17) is 5.73 Å². The van der Waals surface area contributed by atoms with Gasteiger partial charge in [0.15, 0.2) is 0 Å². The van der Waals surface area contributed by atoms with Crippen molar-refractivity contribution in [2.75, 3.05) is 25.0 Å². The molecule has 1 saturated carbocycles. The van der Waals surface area contributed by atoms with Crippen molar-refractivity contribution in [3.63, 3.8) is 0 Å². The molecule has 0 heterocycles. The van der Waals surface area contributed by atoms with Crippen LogP contribution in [0.25, 0.3) is 0 Å². The quantitative estimate of drug-likeness (QED) is 0.765. The summed E-state index contributed by atoms with van der Waals surface area (Å²) in [6.45, 7) is 1.61. The van der Waals surface area contributed by atoms with Gasteiger partial charge in [-0.2, -0.15) is 0 Å². The van der Waals surface area contributed by atoms with E-state index in [1.54, 1.807) is 0 Å². The number of nitrogens with one attached hydrogen (secondary N) is 1. The second-order valence-corrected chi connectivity index (χ2v) is 6.08. The van der Waals surface area contributed by atoms with E-state index < -0.39 is 5.54 Å². The Morgan fingerprint density at radius 3 is 2.39 bits per heavy atom. The molecule has 0 bridgehead atoms. The van der Waals surface area contributed by atoms with Gasteiger partial charge in [-0.1, -0.05) is 37.5 Å². The van der Waals surface area contributed by atoms with E-state index in [-0.39, 0.29) is 30.7 Å². The lowest BCUT2D eigenvalue weighted by molar-refractivity contribution is -0.127. The molecule has 1 aliphatic rings. The van der Waals surface area contributed by atoms with Crippen LogP contribution in [0.4, 0.5) is 5.69 Å². The number of hydrogen-bond acceptors (Lipinski definition) is 3. The fourth-order valence-electron chi connectivity index (χ4n) is 2.92. The first-order chi connectivity index (χ1) is 10.1. The molecule has 0 atom stereocenters. The third-order valence-electron chi connectivity index (χ3n) is 4.35. The zero-order valence-electron chi connectivity index (χ0n) is 13.8. The molecule has 1 aromatic carbocycles. The number of benzene rings is 1. The summed E-state index contributed by atoms with van der Waals surface area (Å²) in [5.74, 6) is 0.0320. The van der Waals surface area contributed by atoms with Crippen molar-refractivity contribution in [3.8, 4) is 0 Å². The Labute approximate surface area is 152 Å². The Morgan fingerprint density at radius 1 is 1.17 bits per heavy atom. The van der Waals surface area contributed by atoms with E-state index in [1.165, 1.54) is 12.1 Å². The van der Waals surface area contributed by atoms with Gasteiger partial charge in [-0.05, 0) is 31.4 Å².